The van der Waals surface area contributed by atoms with E-state index in [1.165, 1.54) is 21.8 Å². The molecular formula is C20H17N3O2S. The van der Waals surface area contributed by atoms with Crippen molar-refractivity contribution in [3.8, 4) is 10.6 Å². The van der Waals surface area contributed by atoms with Crippen molar-refractivity contribution in [3.63, 3.8) is 0 Å². The number of rotatable bonds is 3. The van der Waals surface area contributed by atoms with E-state index in [9.17, 15) is 9.59 Å². The van der Waals surface area contributed by atoms with Gasteiger partial charge in [0.05, 0.1) is 23.5 Å². The SMILES string of the molecule is Cc1ccc(-c2nc(CC(=O)N3CC(=O)Nc4ccccc43)cs2)cc1. The first-order valence-electron chi connectivity index (χ1n) is 8.31. The predicted octanol–water partition coefficient (Wildman–Crippen LogP) is 3.65. The van der Waals surface area contributed by atoms with Gasteiger partial charge in [0.25, 0.3) is 0 Å². The molecule has 0 aliphatic carbocycles. The molecule has 3 aromatic rings. The number of benzene rings is 2. The van der Waals surface area contributed by atoms with Gasteiger partial charge in [-0.05, 0) is 19.1 Å². The third-order valence-corrected chi connectivity index (χ3v) is 5.19. The standard InChI is InChI=1S/C20H17N3O2S/c1-13-6-8-14(9-7-13)20-21-15(12-26-20)10-19(25)23-11-18(24)22-16-4-2-3-5-17(16)23/h2-9,12H,10-11H2,1H3,(H,22,24). The van der Waals surface area contributed by atoms with Gasteiger partial charge < -0.3 is 10.2 Å². The lowest BCUT2D eigenvalue weighted by atomic mass is 10.1. The number of fused-ring (bicyclic) bond motifs is 1. The van der Waals surface area contributed by atoms with Crippen LogP contribution in [0, 0.1) is 6.92 Å². The van der Waals surface area contributed by atoms with E-state index in [1.54, 1.807) is 6.07 Å². The zero-order valence-electron chi connectivity index (χ0n) is 14.2. The summed E-state index contributed by atoms with van der Waals surface area (Å²) in [6, 6.07) is 15.5. The lowest BCUT2D eigenvalue weighted by Gasteiger charge is -2.29. The predicted molar refractivity (Wildman–Crippen MR) is 103 cm³/mol. The van der Waals surface area contributed by atoms with Crippen molar-refractivity contribution >= 4 is 34.5 Å². The largest absolute Gasteiger partial charge is 0.323 e. The second-order valence-corrected chi connectivity index (χ2v) is 7.09. The normalized spacial score (nSPS) is 13.3. The van der Waals surface area contributed by atoms with Gasteiger partial charge in [-0.3, -0.25) is 9.59 Å². The number of aryl methyl sites for hydroxylation is 1. The quantitative estimate of drug-likeness (QED) is 0.773. The zero-order valence-corrected chi connectivity index (χ0v) is 15.0. The minimum atomic E-state index is -0.185. The molecule has 26 heavy (non-hydrogen) atoms. The van der Waals surface area contributed by atoms with Crippen molar-refractivity contribution < 1.29 is 9.59 Å². The molecule has 1 aliphatic rings. The number of carbonyl (C=O) groups excluding carboxylic acids is 2. The van der Waals surface area contributed by atoms with Crippen LogP contribution in [0.3, 0.4) is 0 Å². The molecule has 130 valence electrons. The molecule has 1 N–H and O–H groups in total. The van der Waals surface area contributed by atoms with Gasteiger partial charge in [-0.15, -0.1) is 11.3 Å². The number of thiazole rings is 1. The fourth-order valence-corrected chi connectivity index (χ4v) is 3.75. The van der Waals surface area contributed by atoms with Gasteiger partial charge >= 0.3 is 0 Å². The van der Waals surface area contributed by atoms with E-state index in [2.05, 4.69) is 10.3 Å². The molecule has 4 rings (SSSR count). The third-order valence-electron chi connectivity index (χ3n) is 4.25. The van der Waals surface area contributed by atoms with Gasteiger partial charge in [0.1, 0.15) is 11.6 Å². The fraction of sp³-hybridized carbons (Fsp3) is 0.150. The smallest absolute Gasteiger partial charge is 0.244 e. The molecule has 2 heterocycles. The summed E-state index contributed by atoms with van der Waals surface area (Å²) in [5.41, 5.74) is 4.35. The number of nitrogens with one attached hydrogen (secondary N) is 1. The average molecular weight is 363 g/mol. The molecule has 0 saturated carbocycles. The van der Waals surface area contributed by atoms with Crippen LogP contribution in [-0.4, -0.2) is 23.3 Å². The number of para-hydroxylation sites is 2. The summed E-state index contributed by atoms with van der Waals surface area (Å²) in [6.07, 6.45) is 0.171. The van der Waals surface area contributed by atoms with E-state index in [0.717, 1.165) is 22.0 Å². The summed E-state index contributed by atoms with van der Waals surface area (Å²) < 4.78 is 0. The molecule has 5 nitrogen and oxygen atoms in total. The monoisotopic (exact) mass is 363 g/mol. The number of hydrogen-bond acceptors (Lipinski definition) is 4. The van der Waals surface area contributed by atoms with Crippen molar-refractivity contribution in [3.05, 3.63) is 65.2 Å². The molecule has 0 radical (unpaired) electrons. The molecule has 1 aromatic heterocycles. The van der Waals surface area contributed by atoms with Crippen LogP contribution in [0.15, 0.2) is 53.9 Å². The summed E-state index contributed by atoms with van der Waals surface area (Å²) in [5, 5.41) is 5.59. The number of hydrogen-bond donors (Lipinski definition) is 1. The molecule has 0 saturated heterocycles. The molecule has 1 aliphatic heterocycles. The fourth-order valence-electron chi connectivity index (χ4n) is 2.92. The lowest BCUT2D eigenvalue weighted by Crippen LogP contribution is -2.42. The van der Waals surface area contributed by atoms with Crippen LogP contribution < -0.4 is 10.2 Å². The van der Waals surface area contributed by atoms with Crippen LogP contribution in [0.1, 0.15) is 11.3 Å². The van der Waals surface area contributed by atoms with Crippen LogP contribution in [0.4, 0.5) is 11.4 Å². The van der Waals surface area contributed by atoms with Crippen LogP contribution in [0.25, 0.3) is 10.6 Å². The van der Waals surface area contributed by atoms with Gasteiger partial charge in [-0.2, -0.15) is 0 Å². The highest BCUT2D eigenvalue weighted by atomic mass is 32.1. The minimum Gasteiger partial charge on any atom is -0.323 e. The number of nitrogens with zero attached hydrogens (tertiary/aromatic N) is 2. The summed E-state index contributed by atoms with van der Waals surface area (Å²) in [6.45, 7) is 2.08. The van der Waals surface area contributed by atoms with Gasteiger partial charge in [-0.25, -0.2) is 4.98 Å². The maximum Gasteiger partial charge on any atom is 0.244 e. The Morgan fingerprint density at radius 3 is 2.77 bits per heavy atom. The van der Waals surface area contributed by atoms with Gasteiger partial charge in [0.2, 0.25) is 11.8 Å². The van der Waals surface area contributed by atoms with E-state index in [4.69, 9.17) is 0 Å². The topological polar surface area (TPSA) is 62.3 Å². The number of carbonyl (C=O) groups is 2. The molecule has 6 heteroatoms. The van der Waals surface area contributed by atoms with E-state index in [1.807, 2.05) is 54.8 Å². The van der Waals surface area contributed by atoms with Crippen molar-refractivity contribution in [2.45, 2.75) is 13.3 Å². The Morgan fingerprint density at radius 2 is 1.96 bits per heavy atom. The summed E-state index contributed by atoms with van der Waals surface area (Å²) >= 11 is 1.52. The molecule has 2 amide bonds. The second kappa shape index (κ2) is 6.72. The Morgan fingerprint density at radius 1 is 1.19 bits per heavy atom. The van der Waals surface area contributed by atoms with Crippen LogP contribution in [0.5, 0.6) is 0 Å². The molecule has 0 unspecified atom stereocenters. The summed E-state index contributed by atoms with van der Waals surface area (Å²) in [5.74, 6) is -0.316. The maximum atomic E-state index is 12.8. The summed E-state index contributed by atoms with van der Waals surface area (Å²) in [7, 11) is 0. The first-order valence-corrected chi connectivity index (χ1v) is 9.19. The highest BCUT2D eigenvalue weighted by Crippen LogP contribution is 2.30. The Hall–Kier alpha value is -2.99. The Labute approximate surface area is 155 Å². The van der Waals surface area contributed by atoms with E-state index < -0.39 is 0 Å². The van der Waals surface area contributed by atoms with E-state index in [0.29, 0.717) is 5.69 Å². The first kappa shape index (κ1) is 16.5. The molecule has 2 aromatic carbocycles. The molecular weight excluding hydrogens is 346 g/mol. The summed E-state index contributed by atoms with van der Waals surface area (Å²) in [4.78, 5) is 30.8. The van der Waals surface area contributed by atoms with Gasteiger partial charge in [-0.1, -0.05) is 42.0 Å². The second-order valence-electron chi connectivity index (χ2n) is 6.23. The lowest BCUT2D eigenvalue weighted by molar-refractivity contribution is -0.121. The van der Waals surface area contributed by atoms with Crippen molar-refractivity contribution in [1.29, 1.82) is 0 Å². The van der Waals surface area contributed by atoms with Crippen LogP contribution >= 0.6 is 11.3 Å². The number of aromatic nitrogens is 1. The molecule has 0 spiro atoms. The van der Waals surface area contributed by atoms with E-state index >= 15 is 0 Å². The van der Waals surface area contributed by atoms with E-state index in [-0.39, 0.29) is 24.8 Å². The molecule has 0 bridgehead atoms. The van der Waals surface area contributed by atoms with Crippen molar-refractivity contribution in [2.75, 3.05) is 16.8 Å². The van der Waals surface area contributed by atoms with Crippen LogP contribution in [-0.2, 0) is 16.0 Å². The number of amides is 2. The zero-order chi connectivity index (χ0) is 18.1. The van der Waals surface area contributed by atoms with Gasteiger partial charge in [0, 0.05) is 10.9 Å². The maximum absolute atomic E-state index is 12.8. The van der Waals surface area contributed by atoms with Crippen LogP contribution in [0.2, 0.25) is 0 Å². The molecule has 0 atom stereocenters. The first-order chi connectivity index (χ1) is 12.6. The highest BCUT2D eigenvalue weighted by molar-refractivity contribution is 7.13. The Balaban J connectivity index is 1.54. The minimum absolute atomic E-state index is 0.0325. The van der Waals surface area contributed by atoms with Crippen molar-refractivity contribution in [1.82, 2.24) is 4.98 Å². The molecule has 0 fully saturated rings. The number of anilines is 2. The van der Waals surface area contributed by atoms with Gasteiger partial charge in [0.15, 0.2) is 0 Å². The Kier molecular flexibility index (Phi) is 4.26. The average Bonchev–Trinajstić information content (AvgIpc) is 3.10. The Bertz CT molecular complexity index is 979. The van der Waals surface area contributed by atoms with Crippen molar-refractivity contribution in [2.24, 2.45) is 0 Å². The highest BCUT2D eigenvalue weighted by Gasteiger charge is 2.27. The third kappa shape index (κ3) is 3.23.